The Labute approximate surface area is 128 Å². The van der Waals surface area contributed by atoms with Crippen LogP contribution in [0.15, 0.2) is 18.2 Å². The Morgan fingerprint density at radius 3 is 2.62 bits per heavy atom. The summed E-state index contributed by atoms with van der Waals surface area (Å²) in [6.07, 6.45) is -0.228. The molecule has 1 amide bonds. The molecule has 1 rings (SSSR count). The fraction of sp³-hybridized carbons (Fsp3) is 0.500. The number of carbonyl (C=O) groups is 1. The van der Waals surface area contributed by atoms with Crippen molar-refractivity contribution in [3.63, 3.8) is 0 Å². The molecule has 1 aromatic carbocycles. The van der Waals surface area contributed by atoms with Crippen molar-refractivity contribution in [3.05, 3.63) is 38.9 Å². The van der Waals surface area contributed by atoms with Crippen LogP contribution in [0.1, 0.15) is 37.6 Å². The average molecular weight is 315 g/mol. The molecule has 0 saturated heterocycles. The van der Waals surface area contributed by atoms with Crippen LogP contribution in [0.2, 0.25) is 5.02 Å². The van der Waals surface area contributed by atoms with Crippen LogP contribution in [0.3, 0.4) is 0 Å². The second kappa shape index (κ2) is 6.87. The maximum absolute atomic E-state index is 12.0. The van der Waals surface area contributed by atoms with Crippen molar-refractivity contribution in [2.45, 2.75) is 33.3 Å². The number of halogens is 1. The van der Waals surface area contributed by atoms with Crippen molar-refractivity contribution in [3.8, 4) is 0 Å². The highest BCUT2D eigenvalue weighted by atomic mass is 35.5. The average Bonchev–Trinajstić information content (AvgIpc) is 2.33. The number of hydrogen-bond donors (Lipinski definition) is 2. The van der Waals surface area contributed by atoms with Crippen LogP contribution in [0.25, 0.3) is 0 Å². The van der Waals surface area contributed by atoms with Crippen molar-refractivity contribution in [2.75, 3.05) is 6.54 Å². The highest BCUT2D eigenvalue weighted by Gasteiger charge is 2.24. The molecule has 1 aromatic rings. The molecule has 0 radical (unpaired) electrons. The van der Waals surface area contributed by atoms with Gasteiger partial charge in [0.05, 0.1) is 16.0 Å². The molecule has 7 heteroatoms. The highest BCUT2D eigenvalue weighted by Crippen LogP contribution is 2.26. The van der Waals surface area contributed by atoms with Gasteiger partial charge in [-0.15, -0.1) is 0 Å². The monoisotopic (exact) mass is 314 g/mol. The van der Waals surface area contributed by atoms with Gasteiger partial charge >= 0.3 is 0 Å². The van der Waals surface area contributed by atoms with Gasteiger partial charge in [-0.1, -0.05) is 38.4 Å². The first-order valence-corrected chi connectivity index (χ1v) is 6.89. The van der Waals surface area contributed by atoms with Crippen LogP contribution < -0.4 is 5.32 Å². The summed E-state index contributed by atoms with van der Waals surface area (Å²) in [5, 5.41) is 23.3. The molecule has 0 saturated carbocycles. The van der Waals surface area contributed by atoms with E-state index in [2.05, 4.69) is 5.32 Å². The minimum absolute atomic E-state index is 0.00649. The second-order valence-corrected chi connectivity index (χ2v) is 6.43. The molecule has 2 N–H and O–H groups in total. The molecule has 1 atom stereocenters. The highest BCUT2D eigenvalue weighted by molar-refractivity contribution is 6.34. The van der Waals surface area contributed by atoms with Gasteiger partial charge in [0.25, 0.3) is 11.6 Å². The van der Waals surface area contributed by atoms with E-state index >= 15 is 0 Å². The third-order valence-electron chi connectivity index (χ3n) is 2.76. The summed E-state index contributed by atoms with van der Waals surface area (Å²) in [4.78, 5) is 22.3. The number of amides is 1. The van der Waals surface area contributed by atoms with Crippen molar-refractivity contribution >= 4 is 23.2 Å². The van der Waals surface area contributed by atoms with Crippen LogP contribution in [-0.2, 0) is 0 Å². The lowest BCUT2D eigenvalue weighted by molar-refractivity contribution is -0.385. The Morgan fingerprint density at radius 1 is 1.48 bits per heavy atom. The van der Waals surface area contributed by atoms with Crippen LogP contribution in [0.5, 0.6) is 0 Å². The fourth-order valence-electron chi connectivity index (χ4n) is 1.97. The van der Waals surface area contributed by atoms with Crippen molar-refractivity contribution in [1.82, 2.24) is 5.32 Å². The molecular weight excluding hydrogens is 296 g/mol. The normalized spacial score (nSPS) is 12.8. The number of nitrogens with zero attached hydrogens (tertiary/aromatic N) is 1. The summed E-state index contributed by atoms with van der Waals surface area (Å²) in [6, 6.07) is 4.03. The molecule has 116 valence electrons. The fourth-order valence-corrected chi connectivity index (χ4v) is 2.22. The van der Waals surface area contributed by atoms with E-state index in [1.807, 2.05) is 20.8 Å². The van der Waals surface area contributed by atoms with E-state index in [0.717, 1.165) is 0 Å². The number of nitro benzene ring substituents is 1. The maximum atomic E-state index is 12.0. The number of aliphatic hydroxyl groups excluding tert-OH is 1. The Kier molecular flexibility index (Phi) is 5.69. The maximum Gasteiger partial charge on any atom is 0.283 e. The number of rotatable bonds is 5. The summed E-state index contributed by atoms with van der Waals surface area (Å²) >= 11 is 5.86. The summed E-state index contributed by atoms with van der Waals surface area (Å²) in [5.74, 6) is -0.666. The first-order valence-electron chi connectivity index (χ1n) is 6.51. The smallest absolute Gasteiger partial charge is 0.283 e. The minimum Gasteiger partial charge on any atom is -0.391 e. The van der Waals surface area contributed by atoms with Crippen LogP contribution in [0.4, 0.5) is 5.69 Å². The zero-order valence-corrected chi connectivity index (χ0v) is 13.0. The van der Waals surface area contributed by atoms with E-state index in [0.29, 0.717) is 6.42 Å². The molecule has 0 spiro atoms. The topological polar surface area (TPSA) is 92.5 Å². The lowest BCUT2D eigenvalue weighted by atomic mass is 9.89. The largest absolute Gasteiger partial charge is 0.391 e. The van der Waals surface area contributed by atoms with Crippen molar-refractivity contribution < 1.29 is 14.8 Å². The quantitative estimate of drug-likeness (QED) is 0.645. The Morgan fingerprint density at radius 2 is 2.10 bits per heavy atom. The van der Waals surface area contributed by atoms with Crippen LogP contribution in [0, 0.1) is 15.5 Å². The molecule has 1 unspecified atom stereocenters. The van der Waals surface area contributed by atoms with E-state index in [1.165, 1.54) is 18.2 Å². The van der Waals surface area contributed by atoms with E-state index in [-0.39, 0.29) is 28.2 Å². The predicted molar refractivity (Wildman–Crippen MR) is 80.5 cm³/mol. The molecule has 0 aromatic heterocycles. The van der Waals surface area contributed by atoms with Gasteiger partial charge in [0, 0.05) is 12.6 Å². The van der Waals surface area contributed by atoms with Gasteiger partial charge in [-0.2, -0.15) is 0 Å². The van der Waals surface area contributed by atoms with Gasteiger partial charge in [-0.3, -0.25) is 14.9 Å². The lowest BCUT2D eigenvalue weighted by Gasteiger charge is -2.22. The Balaban J connectivity index is 2.79. The van der Waals surface area contributed by atoms with E-state index in [4.69, 9.17) is 11.6 Å². The van der Waals surface area contributed by atoms with Gasteiger partial charge in [0.2, 0.25) is 0 Å². The second-order valence-electron chi connectivity index (χ2n) is 6.02. The summed E-state index contributed by atoms with van der Waals surface area (Å²) < 4.78 is 0. The van der Waals surface area contributed by atoms with E-state index in [9.17, 15) is 20.0 Å². The molecule has 0 fully saturated rings. The van der Waals surface area contributed by atoms with Crippen molar-refractivity contribution in [1.29, 1.82) is 0 Å². The van der Waals surface area contributed by atoms with E-state index < -0.39 is 16.9 Å². The third kappa shape index (κ3) is 5.32. The number of aliphatic hydroxyl groups is 1. The zero-order valence-electron chi connectivity index (χ0n) is 12.2. The first-order chi connectivity index (χ1) is 9.61. The summed E-state index contributed by atoms with van der Waals surface area (Å²) in [7, 11) is 0. The number of carbonyl (C=O) groups excluding carboxylic acids is 1. The number of nitrogens with one attached hydrogen (secondary N) is 1. The lowest BCUT2D eigenvalue weighted by Crippen LogP contribution is -2.34. The number of benzene rings is 1. The molecule has 0 aliphatic rings. The molecule has 6 nitrogen and oxygen atoms in total. The Bertz CT molecular complexity index is 540. The number of nitro groups is 1. The zero-order chi connectivity index (χ0) is 16.2. The SMILES string of the molecule is CC(C)(C)CC(O)CNC(=O)c1c(Cl)cccc1[N+](=O)[O-]. The van der Waals surface area contributed by atoms with E-state index in [1.54, 1.807) is 0 Å². The van der Waals surface area contributed by atoms with Gasteiger partial charge in [0.1, 0.15) is 5.56 Å². The van der Waals surface area contributed by atoms with Crippen molar-refractivity contribution in [2.24, 2.45) is 5.41 Å². The van der Waals surface area contributed by atoms with Crippen LogP contribution in [-0.4, -0.2) is 28.6 Å². The standard InChI is InChI=1S/C14H19ClN2O4/c1-14(2,3)7-9(18)8-16-13(19)12-10(15)5-4-6-11(12)17(20)21/h4-6,9,18H,7-8H2,1-3H3,(H,16,19). The number of hydrogen-bond acceptors (Lipinski definition) is 4. The Hall–Kier alpha value is -1.66. The first kappa shape index (κ1) is 17.4. The van der Waals surface area contributed by atoms with Gasteiger partial charge < -0.3 is 10.4 Å². The third-order valence-corrected chi connectivity index (χ3v) is 3.08. The van der Waals surface area contributed by atoms with Gasteiger partial charge in [0.15, 0.2) is 0 Å². The molecule has 0 aliphatic carbocycles. The van der Waals surface area contributed by atoms with Gasteiger partial charge in [-0.05, 0) is 17.9 Å². The molecule has 0 heterocycles. The van der Waals surface area contributed by atoms with Gasteiger partial charge in [-0.25, -0.2) is 0 Å². The summed E-state index contributed by atoms with van der Waals surface area (Å²) in [5.41, 5.74) is -0.627. The molecule has 0 bridgehead atoms. The minimum atomic E-state index is -0.726. The predicted octanol–water partition coefficient (Wildman–Crippen LogP) is 2.78. The molecular formula is C14H19ClN2O4. The van der Waals surface area contributed by atoms with Crippen LogP contribution >= 0.6 is 11.6 Å². The molecule has 0 aliphatic heterocycles. The molecule has 21 heavy (non-hydrogen) atoms. The summed E-state index contributed by atoms with van der Waals surface area (Å²) in [6.45, 7) is 5.92.